The third-order valence-electron chi connectivity index (χ3n) is 5.92. The molecule has 0 fully saturated rings. The molecule has 0 aliphatic rings. The molecular weight excluding hydrogens is 539 g/mol. The van der Waals surface area contributed by atoms with E-state index >= 15 is 0 Å². The van der Waals surface area contributed by atoms with Crippen molar-refractivity contribution in [3.05, 3.63) is 95.7 Å². The third-order valence-corrected chi connectivity index (χ3v) is 7.28. The van der Waals surface area contributed by atoms with Crippen molar-refractivity contribution in [2.45, 2.75) is 18.0 Å². The Bertz CT molecular complexity index is 1760. The lowest BCUT2D eigenvalue weighted by atomic mass is 10.0. The minimum absolute atomic E-state index is 0.124. The second-order valence-electron chi connectivity index (χ2n) is 8.58. The Balaban J connectivity index is 1.75. The van der Waals surface area contributed by atoms with Crippen molar-refractivity contribution in [3.63, 3.8) is 0 Å². The molecule has 0 radical (unpaired) electrons. The fraction of sp³-hybridized carbons (Fsp3) is 0.115. The standard InChI is InChI=1S/C26H19ClF3N5O2S/c1-16-32-25(26(28,29)30)15-34(16)22-11-8-19(18-4-3-5-21(12-18)38(2,36)37)13-23(22)35-24(14-31-33-35)17-6-9-20(27)10-7-17/h3-15H,1-2H3. The van der Waals surface area contributed by atoms with Gasteiger partial charge in [0.25, 0.3) is 0 Å². The van der Waals surface area contributed by atoms with Crippen LogP contribution in [0.3, 0.4) is 0 Å². The van der Waals surface area contributed by atoms with Crippen LogP contribution in [-0.2, 0) is 16.0 Å². The van der Waals surface area contributed by atoms with Gasteiger partial charge in [-0.1, -0.05) is 47.1 Å². The first-order valence-electron chi connectivity index (χ1n) is 11.2. The lowest BCUT2D eigenvalue weighted by Crippen LogP contribution is -2.07. The zero-order chi connectivity index (χ0) is 27.2. The van der Waals surface area contributed by atoms with Crippen LogP contribution in [0.1, 0.15) is 11.5 Å². The molecule has 0 unspecified atom stereocenters. The maximum Gasteiger partial charge on any atom is 0.434 e. The average Bonchev–Trinajstić information content (AvgIpc) is 3.51. The summed E-state index contributed by atoms with van der Waals surface area (Å²) in [5, 5.41) is 8.81. The third kappa shape index (κ3) is 4.94. The zero-order valence-electron chi connectivity index (χ0n) is 20.0. The average molecular weight is 558 g/mol. The fourth-order valence-corrected chi connectivity index (χ4v) is 4.86. The number of hydrogen-bond donors (Lipinski definition) is 0. The summed E-state index contributed by atoms with van der Waals surface area (Å²) >= 11 is 6.04. The minimum atomic E-state index is -4.62. The molecule has 3 aromatic carbocycles. The first-order valence-corrected chi connectivity index (χ1v) is 13.4. The van der Waals surface area contributed by atoms with Crippen LogP contribution in [0, 0.1) is 6.92 Å². The van der Waals surface area contributed by atoms with Gasteiger partial charge in [0.1, 0.15) is 5.82 Å². The normalized spacial score (nSPS) is 12.2. The lowest BCUT2D eigenvalue weighted by Gasteiger charge is -2.16. The number of halogens is 4. The van der Waals surface area contributed by atoms with E-state index in [1.807, 2.05) is 0 Å². The summed E-state index contributed by atoms with van der Waals surface area (Å²) in [5.41, 5.74) is 2.28. The van der Waals surface area contributed by atoms with Crippen molar-refractivity contribution in [2.24, 2.45) is 0 Å². The first kappa shape index (κ1) is 25.7. The maximum atomic E-state index is 13.4. The van der Waals surface area contributed by atoms with Gasteiger partial charge in [-0.3, -0.25) is 0 Å². The summed E-state index contributed by atoms with van der Waals surface area (Å²) in [6.07, 6.45) is -1.04. The number of aromatic nitrogens is 5. The Hall–Kier alpha value is -3.96. The van der Waals surface area contributed by atoms with Crippen molar-refractivity contribution in [3.8, 4) is 33.8 Å². The molecule has 0 atom stereocenters. The van der Waals surface area contributed by atoms with Crippen LogP contribution < -0.4 is 0 Å². The molecular formula is C26H19ClF3N5O2S. The molecule has 0 aliphatic carbocycles. The molecule has 5 aromatic rings. The molecule has 5 rings (SSSR count). The van der Waals surface area contributed by atoms with E-state index in [4.69, 9.17) is 11.6 Å². The van der Waals surface area contributed by atoms with Gasteiger partial charge in [0.15, 0.2) is 15.5 Å². The Morgan fingerprint density at radius 1 is 0.895 bits per heavy atom. The predicted molar refractivity (Wildman–Crippen MR) is 137 cm³/mol. The molecule has 0 N–H and O–H groups in total. The van der Waals surface area contributed by atoms with Crippen molar-refractivity contribution in [1.82, 2.24) is 24.5 Å². The molecule has 2 heterocycles. The van der Waals surface area contributed by atoms with E-state index in [0.29, 0.717) is 33.2 Å². The molecule has 7 nitrogen and oxygen atoms in total. The van der Waals surface area contributed by atoms with Crippen molar-refractivity contribution in [1.29, 1.82) is 0 Å². The SMILES string of the molecule is Cc1nc(C(F)(F)F)cn1-c1ccc(-c2cccc(S(C)(=O)=O)c2)cc1-n1nncc1-c1ccc(Cl)cc1. The summed E-state index contributed by atoms with van der Waals surface area (Å²) in [5.74, 6) is 0.124. The Labute approximate surface area is 221 Å². The van der Waals surface area contributed by atoms with Crippen molar-refractivity contribution in [2.75, 3.05) is 6.26 Å². The summed E-state index contributed by atoms with van der Waals surface area (Å²) < 4.78 is 67.4. The summed E-state index contributed by atoms with van der Waals surface area (Å²) in [6, 6.07) is 18.4. The van der Waals surface area contributed by atoms with Crippen LogP contribution in [0.4, 0.5) is 13.2 Å². The number of benzene rings is 3. The summed E-state index contributed by atoms with van der Waals surface area (Å²) in [6.45, 7) is 1.48. The Morgan fingerprint density at radius 3 is 2.24 bits per heavy atom. The van der Waals surface area contributed by atoms with E-state index in [2.05, 4.69) is 15.3 Å². The molecule has 0 amide bonds. The van der Waals surface area contributed by atoms with Crippen LogP contribution >= 0.6 is 11.6 Å². The number of aryl methyl sites for hydroxylation is 1. The van der Waals surface area contributed by atoms with Gasteiger partial charge in [0.05, 0.1) is 28.2 Å². The molecule has 38 heavy (non-hydrogen) atoms. The quantitative estimate of drug-likeness (QED) is 0.258. The van der Waals surface area contributed by atoms with E-state index in [-0.39, 0.29) is 10.7 Å². The summed E-state index contributed by atoms with van der Waals surface area (Å²) in [4.78, 5) is 3.84. The number of hydrogen-bond acceptors (Lipinski definition) is 5. The van der Waals surface area contributed by atoms with E-state index in [9.17, 15) is 21.6 Å². The highest BCUT2D eigenvalue weighted by atomic mass is 35.5. The van der Waals surface area contributed by atoms with Crippen LogP contribution in [0.5, 0.6) is 0 Å². The van der Waals surface area contributed by atoms with Crippen LogP contribution in [0.15, 0.2) is 84.0 Å². The molecule has 0 saturated carbocycles. The molecule has 0 spiro atoms. The number of alkyl halides is 3. The van der Waals surface area contributed by atoms with E-state index in [1.54, 1.807) is 60.7 Å². The number of imidazole rings is 1. The lowest BCUT2D eigenvalue weighted by molar-refractivity contribution is -0.141. The molecule has 12 heteroatoms. The molecule has 2 aromatic heterocycles. The molecule has 0 bridgehead atoms. The molecule has 0 saturated heterocycles. The van der Waals surface area contributed by atoms with Gasteiger partial charge in [0.2, 0.25) is 0 Å². The van der Waals surface area contributed by atoms with Crippen LogP contribution in [0.25, 0.3) is 33.8 Å². The van der Waals surface area contributed by atoms with Gasteiger partial charge < -0.3 is 4.57 Å². The van der Waals surface area contributed by atoms with Crippen molar-refractivity contribution < 1.29 is 21.6 Å². The van der Waals surface area contributed by atoms with Gasteiger partial charge in [-0.15, -0.1) is 5.10 Å². The minimum Gasteiger partial charge on any atom is -0.301 e. The monoisotopic (exact) mass is 557 g/mol. The highest BCUT2D eigenvalue weighted by molar-refractivity contribution is 7.90. The topological polar surface area (TPSA) is 82.7 Å². The Kier molecular flexibility index (Phi) is 6.36. The molecule has 0 aliphatic heterocycles. The number of nitrogens with zero attached hydrogens (tertiary/aromatic N) is 5. The van der Waals surface area contributed by atoms with E-state index < -0.39 is 21.7 Å². The highest BCUT2D eigenvalue weighted by Gasteiger charge is 2.34. The van der Waals surface area contributed by atoms with Crippen LogP contribution in [0.2, 0.25) is 5.02 Å². The van der Waals surface area contributed by atoms with Crippen molar-refractivity contribution >= 4 is 21.4 Å². The predicted octanol–water partition coefficient (Wildman–Crippen LogP) is 6.17. The second-order valence-corrected chi connectivity index (χ2v) is 11.0. The smallest absolute Gasteiger partial charge is 0.301 e. The number of rotatable bonds is 5. The second kappa shape index (κ2) is 9.41. The number of sulfone groups is 1. The van der Waals surface area contributed by atoms with Gasteiger partial charge in [-0.05, 0) is 54.4 Å². The van der Waals surface area contributed by atoms with E-state index in [1.165, 1.54) is 28.4 Å². The largest absolute Gasteiger partial charge is 0.434 e. The van der Waals surface area contributed by atoms with Gasteiger partial charge in [-0.25, -0.2) is 18.1 Å². The zero-order valence-corrected chi connectivity index (χ0v) is 21.6. The first-order chi connectivity index (χ1) is 17.9. The summed E-state index contributed by atoms with van der Waals surface area (Å²) in [7, 11) is -3.46. The van der Waals surface area contributed by atoms with Gasteiger partial charge >= 0.3 is 6.18 Å². The highest BCUT2D eigenvalue weighted by Crippen LogP contribution is 2.34. The Morgan fingerprint density at radius 2 is 1.58 bits per heavy atom. The van der Waals surface area contributed by atoms with Gasteiger partial charge in [-0.2, -0.15) is 13.2 Å². The fourth-order valence-electron chi connectivity index (χ4n) is 4.07. The van der Waals surface area contributed by atoms with Gasteiger partial charge in [0, 0.05) is 23.0 Å². The molecule has 194 valence electrons. The maximum absolute atomic E-state index is 13.4. The van der Waals surface area contributed by atoms with E-state index in [0.717, 1.165) is 18.0 Å². The van der Waals surface area contributed by atoms with Crippen LogP contribution in [-0.4, -0.2) is 39.2 Å².